The number of aromatic nitrogens is 2. The van der Waals surface area contributed by atoms with Gasteiger partial charge in [0.1, 0.15) is 4.83 Å². The standard InChI is InChI=1S/C13H19N3OS2/c1-8(2)10(7-15(3)4)16-12(17)9-5-6-19-11(9)14-13(16)18/h5-6,8,10H,7H2,1-4H3,(H,14,18). The van der Waals surface area contributed by atoms with Crippen LogP contribution in [-0.2, 0) is 0 Å². The molecule has 2 aromatic rings. The first-order valence-electron chi connectivity index (χ1n) is 6.28. The van der Waals surface area contributed by atoms with Gasteiger partial charge in [-0.2, -0.15) is 0 Å². The average Bonchev–Trinajstić information content (AvgIpc) is 2.75. The summed E-state index contributed by atoms with van der Waals surface area (Å²) in [6.45, 7) is 5.03. The fraction of sp³-hybridized carbons (Fsp3) is 0.538. The summed E-state index contributed by atoms with van der Waals surface area (Å²) in [5.41, 5.74) is 0.0144. The van der Waals surface area contributed by atoms with Crippen molar-refractivity contribution in [2.45, 2.75) is 19.9 Å². The van der Waals surface area contributed by atoms with E-state index < -0.39 is 0 Å². The van der Waals surface area contributed by atoms with E-state index in [1.807, 2.05) is 25.5 Å². The van der Waals surface area contributed by atoms with Gasteiger partial charge in [0, 0.05) is 6.54 Å². The predicted molar refractivity (Wildman–Crippen MR) is 83.7 cm³/mol. The van der Waals surface area contributed by atoms with Gasteiger partial charge in [-0.1, -0.05) is 13.8 Å². The number of thiophene rings is 1. The van der Waals surface area contributed by atoms with E-state index in [-0.39, 0.29) is 11.6 Å². The van der Waals surface area contributed by atoms with E-state index in [4.69, 9.17) is 12.2 Å². The third-order valence-corrected chi connectivity index (χ3v) is 4.34. The van der Waals surface area contributed by atoms with E-state index in [1.54, 1.807) is 4.57 Å². The van der Waals surface area contributed by atoms with Crippen LogP contribution < -0.4 is 5.56 Å². The van der Waals surface area contributed by atoms with Crippen molar-refractivity contribution in [3.8, 4) is 0 Å². The van der Waals surface area contributed by atoms with Gasteiger partial charge in [0.05, 0.1) is 11.4 Å². The second-order valence-corrected chi connectivity index (χ2v) is 6.65. The first kappa shape index (κ1) is 14.4. The summed E-state index contributed by atoms with van der Waals surface area (Å²) < 4.78 is 2.25. The minimum absolute atomic E-state index is 0.0144. The number of aromatic amines is 1. The van der Waals surface area contributed by atoms with E-state index >= 15 is 0 Å². The van der Waals surface area contributed by atoms with Crippen molar-refractivity contribution in [2.24, 2.45) is 5.92 Å². The highest BCUT2D eigenvalue weighted by molar-refractivity contribution is 7.71. The normalized spacial score (nSPS) is 13.6. The Kier molecular flexibility index (Phi) is 4.23. The lowest BCUT2D eigenvalue weighted by Crippen LogP contribution is -2.35. The molecule has 0 aromatic carbocycles. The van der Waals surface area contributed by atoms with E-state index in [0.29, 0.717) is 10.7 Å². The van der Waals surface area contributed by atoms with Crippen LogP contribution in [-0.4, -0.2) is 35.1 Å². The quantitative estimate of drug-likeness (QED) is 0.882. The van der Waals surface area contributed by atoms with Crippen molar-refractivity contribution in [3.63, 3.8) is 0 Å². The molecule has 0 aliphatic heterocycles. The molecule has 0 aliphatic carbocycles. The Labute approximate surface area is 121 Å². The molecular formula is C13H19N3OS2. The molecule has 1 atom stereocenters. The lowest BCUT2D eigenvalue weighted by Gasteiger charge is -2.26. The summed E-state index contributed by atoms with van der Waals surface area (Å²) in [5.74, 6) is 0.339. The largest absolute Gasteiger partial charge is 0.323 e. The number of H-pyrrole nitrogens is 1. The molecule has 0 aliphatic rings. The minimum atomic E-state index is 0.0144. The Bertz CT molecular complexity index is 681. The molecule has 2 heterocycles. The summed E-state index contributed by atoms with van der Waals surface area (Å²) in [5, 5.41) is 2.64. The van der Waals surface area contributed by atoms with Gasteiger partial charge < -0.3 is 9.88 Å². The minimum Gasteiger partial charge on any atom is -0.323 e. The lowest BCUT2D eigenvalue weighted by atomic mass is 10.0. The maximum Gasteiger partial charge on any atom is 0.263 e. The first-order valence-corrected chi connectivity index (χ1v) is 7.57. The van der Waals surface area contributed by atoms with Gasteiger partial charge in [-0.05, 0) is 43.7 Å². The van der Waals surface area contributed by atoms with Gasteiger partial charge in [-0.15, -0.1) is 11.3 Å². The Morgan fingerprint density at radius 2 is 2.16 bits per heavy atom. The van der Waals surface area contributed by atoms with Gasteiger partial charge in [-0.3, -0.25) is 9.36 Å². The fourth-order valence-corrected chi connectivity index (χ4v) is 3.38. The molecule has 0 saturated heterocycles. The third kappa shape index (κ3) is 2.80. The third-order valence-electron chi connectivity index (χ3n) is 3.21. The van der Waals surface area contributed by atoms with Crippen LogP contribution in [0.1, 0.15) is 19.9 Å². The van der Waals surface area contributed by atoms with Gasteiger partial charge in [0.2, 0.25) is 0 Å². The zero-order chi connectivity index (χ0) is 14.2. The van der Waals surface area contributed by atoms with Crippen LogP contribution in [0.25, 0.3) is 10.2 Å². The van der Waals surface area contributed by atoms with E-state index in [0.717, 1.165) is 16.8 Å². The zero-order valence-corrected chi connectivity index (χ0v) is 13.3. The maximum absolute atomic E-state index is 12.6. The molecule has 0 spiro atoms. The van der Waals surface area contributed by atoms with Crippen molar-refractivity contribution < 1.29 is 0 Å². The molecule has 2 aromatic heterocycles. The van der Waals surface area contributed by atoms with Crippen LogP contribution in [0.2, 0.25) is 0 Å². The Hall–Kier alpha value is -0.980. The van der Waals surface area contributed by atoms with E-state index in [9.17, 15) is 4.79 Å². The number of hydrogen-bond acceptors (Lipinski definition) is 4. The highest BCUT2D eigenvalue weighted by Gasteiger charge is 2.20. The molecule has 4 nitrogen and oxygen atoms in total. The summed E-state index contributed by atoms with van der Waals surface area (Å²) in [7, 11) is 4.02. The van der Waals surface area contributed by atoms with Crippen LogP contribution in [0.3, 0.4) is 0 Å². The topological polar surface area (TPSA) is 41.0 Å². The number of fused-ring (bicyclic) bond motifs is 1. The Morgan fingerprint density at radius 3 is 2.74 bits per heavy atom. The molecule has 0 bridgehead atoms. The Balaban J connectivity index is 2.65. The van der Waals surface area contributed by atoms with Crippen molar-refractivity contribution in [3.05, 3.63) is 26.6 Å². The van der Waals surface area contributed by atoms with Crippen LogP contribution in [0.5, 0.6) is 0 Å². The van der Waals surface area contributed by atoms with Gasteiger partial charge in [0.15, 0.2) is 4.77 Å². The zero-order valence-electron chi connectivity index (χ0n) is 11.6. The summed E-state index contributed by atoms with van der Waals surface area (Å²) in [4.78, 5) is 18.7. The highest BCUT2D eigenvalue weighted by atomic mass is 32.1. The monoisotopic (exact) mass is 297 g/mol. The van der Waals surface area contributed by atoms with Gasteiger partial charge in [-0.25, -0.2) is 0 Å². The van der Waals surface area contributed by atoms with Crippen LogP contribution >= 0.6 is 23.6 Å². The molecule has 0 amide bonds. The van der Waals surface area contributed by atoms with Crippen molar-refractivity contribution in [2.75, 3.05) is 20.6 Å². The maximum atomic E-state index is 12.6. The van der Waals surface area contributed by atoms with Gasteiger partial charge >= 0.3 is 0 Å². The van der Waals surface area contributed by atoms with Gasteiger partial charge in [0.25, 0.3) is 5.56 Å². The number of nitrogens with one attached hydrogen (secondary N) is 1. The van der Waals surface area contributed by atoms with E-state index in [2.05, 4.69) is 23.7 Å². The van der Waals surface area contributed by atoms with Crippen LogP contribution in [0.15, 0.2) is 16.2 Å². The SMILES string of the molecule is CC(C)C(CN(C)C)n1c(=S)[nH]c2sccc2c1=O. The molecule has 0 saturated carbocycles. The smallest absolute Gasteiger partial charge is 0.263 e. The Morgan fingerprint density at radius 1 is 1.47 bits per heavy atom. The molecule has 104 valence electrons. The molecule has 2 rings (SSSR count). The average molecular weight is 297 g/mol. The number of nitrogens with zero attached hydrogens (tertiary/aromatic N) is 2. The second-order valence-electron chi connectivity index (χ2n) is 5.34. The van der Waals surface area contributed by atoms with Crippen LogP contribution in [0.4, 0.5) is 0 Å². The molecular weight excluding hydrogens is 278 g/mol. The summed E-state index contributed by atoms with van der Waals surface area (Å²) in [6, 6.07) is 1.94. The van der Waals surface area contributed by atoms with Crippen molar-refractivity contribution >= 4 is 33.8 Å². The predicted octanol–water partition coefficient (Wildman–Crippen LogP) is 2.88. The van der Waals surface area contributed by atoms with Crippen molar-refractivity contribution in [1.29, 1.82) is 0 Å². The summed E-state index contributed by atoms with van der Waals surface area (Å²) >= 11 is 6.89. The second kappa shape index (κ2) is 5.56. The fourth-order valence-electron chi connectivity index (χ4n) is 2.22. The van der Waals surface area contributed by atoms with Crippen molar-refractivity contribution in [1.82, 2.24) is 14.5 Å². The molecule has 0 radical (unpaired) electrons. The summed E-state index contributed by atoms with van der Waals surface area (Å²) in [6.07, 6.45) is 0. The molecule has 19 heavy (non-hydrogen) atoms. The number of likely N-dealkylation sites (N-methyl/N-ethyl adjacent to an activating group) is 1. The molecule has 6 heteroatoms. The molecule has 1 N–H and O–H groups in total. The van der Waals surface area contributed by atoms with Crippen LogP contribution in [0, 0.1) is 10.7 Å². The number of rotatable bonds is 4. The number of hydrogen-bond donors (Lipinski definition) is 1. The molecule has 0 fully saturated rings. The highest BCUT2D eigenvalue weighted by Crippen LogP contribution is 2.20. The lowest BCUT2D eigenvalue weighted by molar-refractivity contribution is 0.262. The van der Waals surface area contributed by atoms with E-state index in [1.165, 1.54) is 11.3 Å². The first-order chi connectivity index (χ1) is 8.91. The molecule has 1 unspecified atom stereocenters.